The van der Waals surface area contributed by atoms with Gasteiger partial charge in [0.05, 0.1) is 29.3 Å². The first-order valence-electron chi connectivity index (χ1n) is 13.0. The van der Waals surface area contributed by atoms with E-state index in [1.807, 2.05) is 25.1 Å². The van der Waals surface area contributed by atoms with Crippen molar-refractivity contribution in [1.29, 1.82) is 0 Å². The second kappa shape index (κ2) is 11.3. The lowest BCUT2D eigenvalue weighted by Crippen LogP contribution is -2.28. The van der Waals surface area contributed by atoms with Gasteiger partial charge < -0.3 is 14.5 Å². The second-order valence-corrected chi connectivity index (χ2v) is 9.99. The van der Waals surface area contributed by atoms with Crippen LogP contribution in [0, 0.1) is 5.92 Å². The zero-order chi connectivity index (χ0) is 29.2. The molecule has 11 nitrogen and oxygen atoms in total. The van der Waals surface area contributed by atoms with Crippen LogP contribution in [0.25, 0.3) is 22.7 Å². The number of rotatable bonds is 8. The average Bonchev–Trinajstić information content (AvgIpc) is 3.76. The average molecular weight is 582 g/mol. The van der Waals surface area contributed by atoms with Gasteiger partial charge in [-0.3, -0.25) is 9.59 Å². The van der Waals surface area contributed by atoms with Crippen LogP contribution >= 0.6 is 11.6 Å². The molecule has 3 heterocycles. The third-order valence-electron chi connectivity index (χ3n) is 6.85. The molecule has 6 rings (SSSR count). The van der Waals surface area contributed by atoms with Crippen molar-refractivity contribution in [1.82, 2.24) is 20.6 Å². The Bertz CT molecular complexity index is 1820. The number of amides is 2. The van der Waals surface area contributed by atoms with Gasteiger partial charge in [0.15, 0.2) is 0 Å². The molecule has 0 fully saturated rings. The maximum Gasteiger partial charge on any atom is 0.257 e. The van der Waals surface area contributed by atoms with Gasteiger partial charge in [-0.25, -0.2) is 5.01 Å². The van der Waals surface area contributed by atoms with E-state index in [2.05, 4.69) is 31.0 Å². The lowest BCUT2D eigenvalue weighted by molar-refractivity contribution is -0.119. The van der Waals surface area contributed by atoms with Crippen molar-refractivity contribution in [3.8, 4) is 28.5 Å². The first-order valence-corrected chi connectivity index (χ1v) is 13.3. The highest BCUT2D eigenvalue weighted by Crippen LogP contribution is 2.32. The number of furan rings is 1. The highest BCUT2D eigenvalue weighted by Gasteiger charge is 2.35. The fourth-order valence-electron chi connectivity index (χ4n) is 4.68. The quantitative estimate of drug-likeness (QED) is 0.242. The Morgan fingerprint density at radius 3 is 2.74 bits per heavy atom. The number of hydrogen-bond donors (Lipinski definition) is 2. The highest BCUT2D eigenvalue weighted by atomic mass is 35.5. The predicted octanol–water partition coefficient (Wildman–Crippen LogP) is 5.62. The summed E-state index contributed by atoms with van der Waals surface area (Å²) in [6, 6.07) is 23.0. The zero-order valence-corrected chi connectivity index (χ0v) is 23.3. The van der Waals surface area contributed by atoms with Gasteiger partial charge in [0.2, 0.25) is 5.82 Å². The standard InChI is InChI=1S/C30H24ClN7O4/c1-17-24(30(40)38(35-17)21-7-3-5-19(13-21)28-33-36-37-34-28)16-23-10-12-27(42-23)18-9-11-26(31)25(14-18)29(39)32-20-6-4-8-22(15-20)41-2/h3-15,24H,16H2,1-2H3,(H,32,39)(H,33,34,36,37). The van der Waals surface area contributed by atoms with Crippen molar-refractivity contribution in [2.24, 2.45) is 11.0 Å². The molecule has 0 aliphatic carbocycles. The summed E-state index contributed by atoms with van der Waals surface area (Å²) in [6.45, 7) is 1.82. The van der Waals surface area contributed by atoms with Crippen LogP contribution in [0.4, 0.5) is 11.4 Å². The number of halogens is 1. The van der Waals surface area contributed by atoms with Crippen LogP contribution in [0.2, 0.25) is 5.02 Å². The van der Waals surface area contributed by atoms with Gasteiger partial charge >= 0.3 is 0 Å². The number of aromatic amines is 1. The predicted molar refractivity (Wildman–Crippen MR) is 158 cm³/mol. The Balaban J connectivity index is 1.17. The highest BCUT2D eigenvalue weighted by molar-refractivity contribution is 6.34. The van der Waals surface area contributed by atoms with Crippen LogP contribution in [0.3, 0.4) is 0 Å². The van der Waals surface area contributed by atoms with Crippen molar-refractivity contribution in [2.45, 2.75) is 13.3 Å². The number of nitrogens with one attached hydrogen (secondary N) is 2. The molecule has 5 aromatic rings. The number of methoxy groups -OCH3 is 1. The summed E-state index contributed by atoms with van der Waals surface area (Å²) >= 11 is 6.37. The summed E-state index contributed by atoms with van der Waals surface area (Å²) in [6.07, 6.45) is 0.325. The van der Waals surface area contributed by atoms with Gasteiger partial charge in [0.1, 0.15) is 17.3 Å². The van der Waals surface area contributed by atoms with Crippen LogP contribution in [0.5, 0.6) is 5.75 Å². The van der Waals surface area contributed by atoms with Crippen LogP contribution < -0.4 is 15.1 Å². The number of anilines is 2. The molecule has 0 spiro atoms. The molecule has 0 saturated heterocycles. The van der Waals surface area contributed by atoms with Gasteiger partial charge in [-0.1, -0.05) is 29.8 Å². The number of tetrazole rings is 1. The number of H-pyrrole nitrogens is 1. The molecule has 3 aromatic carbocycles. The Morgan fingerprint density at radius 1 is 1.07 bits per heavy atom. The van der Waals surface area contributed by atoms with E-state index in [4.69, 9.17) is 20.8 Å². The first-order chi connectivity index (χ1) is 20.4. The van der Waals surface area contributed by atoms with E-state index < -0.39 is 5.92 Å². The largest absolute Gasteiger partial charge is 0.497 e. The zero-order valence-electron chi connectivity index (χ0n) is 22.5. The number of carbonyl (C=O) groups is 2. The van der Waals surface area contributed by atoms with Gasteiger partial charge in [-0.05, 0) is 66.7 Å². The molecule has 1 unspecified atom stereocenters. The maximum absolute atomic E-state index is 13.4. The number of nitrogens with zero attached hydrogens (tertiary/aromatic N) is 5. The number of hydrazone groups is 1. The van der Waals surface area contributed by atoms with Crippen molar-refractivity contribution in [3.63, 3.8) is 0 Å². The molecular formula is C30H24ClN7O4. The Hall–Kier alpha value is -5.29. The molecule has 2 N–H and O–H groups in total. The Morgan fingerprint density at radius 2 is 1.93 bits per heavy atom. The van der Waals surface area contributed by atoms with Crippen LogP contribution in [0.15, 0.2) is 88.4 Å². The SMILES string of the molecule is COc1cccc(NC(=O)c2cc(-c3ccc(CC4C(=O)N(c5cccc(-c6nn[nH]n6)c5)N=C4C)o3)ccc2Cl)c1. The molecule has 12 heteroatoms. The number of carbonyl (C=O) groups excluding carboxylic acids is 2. The maximum atomic E-state index is 13.4. The van der Waals surface area contributed by atoms with E-state index in [-0.39, 0.29) is 11.8 Å². The fraction of sp³-hybridized carbons (Fsp3) is 0.133. The van der Waals surface area contributed by atoms with Crippen molar-refractivity contribution in [3.05, 3.63) is 95.2 Å². The smallest absolute Gasteiger partial charge is 0.257 e. The Labute approximate surface area is 245 Å². The van der Waals surface area contributed by atoms with E-state index >= 15 is 0 Å². The van der Waals surface area contributed by atoms with E-state index in [0.29, 0.717) is 68.3 Å². The Kier molecular flexibility index (Phi) is 7.24. The van der Waals surface area contributed by atoms with E-state index in [9.17, 15) is 9.59 Å². The van der Waals surface area contributed by atoms with Gasteiger partial charge in [-0.2, -0.15) is 10.3 Å². The summed E-state index contributed by atoms with van der Waals surface area (Å²) in [5.74, 6) is 1.17. The monoisotopic (exact) mass is 581 g/mol. The second-order valence-electron chi connectivity index (χ2n) is 9.58. The molecule has 1 aliphatic heterocycles. The normalized spacial score (nSPS) is 14.6. The minimum atomic E-state index is -0.493. The van der Waals surface area contributed by atoms with Crippen LogP contribution in [-0.2, 0) is 11.2 Å². The summed E-state index contributed by atoms with van der Waals surface area (Å²) in [7, 11) is 1.56. The van der Waals surface area contributed by atoms with Gasteiger partial charge in [0.25, 0.3) is 11.8 Å². The third-order valence-corrected chi connectivity index (χ3v) is 7.18. The molecule has 210 valence electrons. The molecule has 0 bridgehead atoms. The van der Waals surface area contributed by atoms with E-state index in [1.165, 1.54) is 5.01 Å². The molecule has 2 amide bonds. The molecule has 1 aliphatic rings. The summed E-state index contributed by atoms with van der Waals surface area (Å²) < 4.78 is 11.3. The molecule has 2 aromatic heterocycles. The summed E-state index contributed by atoms with van der Waals surface area (Å²) in [5, 5.41) is 23.1. The van der Waals surface area contributed by atoms with E-state index in [0.717, 1.165) is 0 Å². The molecule has 0 saturated carbocycles. The summed E-state index contributed by atoms with van der Waals surface area (Å²) in [4.78, 5) is 26.4. The van der Waals surface area contributed by atoms with Crippen molar-refractivity contribution >= 4 is 40.5 Å². The fourth-order valence-corrected chi connectivity index (χ4v) is 4.88. The number of hydrogen-bond acceptors (Lipinski definition) is 8. The molecule has 1 atom stereocenters. The van der Waals surface area contributed by atoms with Crippen molar-refractivity contribution in [2.75, 3.05) is 17.4 Å². The number of benzene rings is 3. The molecule has 42 heavy (non-hydrogen) atoms. The topological polar surface area (TPSA) is 139 Å². The van der Waals surface area contributed by atoms with Crippen LogP contribution in [0.1, 0.15) is 23.0 Å². The van der Waals surface area contributed by atoms with E-state index in [1.54, 1.807) is 67.8 Å². The first kappa shape index (κ1) is 26.9. The molecule has 0 radical (unpaired) electrons. The lowest BCUT2D eigenvalue weighted by Gasteiger charge is -2.14. The van der Waals surface area contributed by atoms with Gasteiger partial charge in [0, 0.05) is 35.0 Å². The summed E-state index contributed by atoms with van der Waals surface area (Å²) in [5.41, 5.74) is 3.53. The minimum absolute atomic E-state index is 0.168. The number of ether oxygens (including phenoxy) is 1. The minimum Gasteiger partial charge on any atom is -0.497 e. The van der Waals surface area contributed by atoms with Gasteiger partial charge in [-0.15, -0.1) is 10.2 Å². The molecular weight excluding hydrogens is 558 g/mol. The third kappa shape index (κ3) is 5.37. The van der Waals surface area contributed by atoms with Crippen LogP contribution in [-0.4, -0.2) is 45.3 Å². The lowest BCUT2D eigenvalue weighted by atomic mass is 9.99. The van der Waals surface area contributed by atoms with Crippen molar-refractivity contribution < 1.29 is 18.7 Å². The number of aromatic nitrogens is 4.